The van der Waals surface area contributed by atoms with E-state index in [1.54, 1.807) is 5.56 Å². The third kappa shape index (κ3) is 1.19. The second-order valence-electron chi connectivity index (χ2n) is 5.07. The van der Waals surface area contributed by atoms with Crippen molar-refractivity contribution in [1.29, 1.82) is 0 Å². The summed E-state index contributed by atoms with van der Waals surface area (Å²) in [6.07, 6.45) is 5.12. The maximum absolute atomic E-state index is 4.76. The van der Waals surface area contributed by atoms with Crippen molar-refractivity contribution < 1.29 is 0 Å². The molecule has 1 aromatic rings. The van der Waals surface area contributed by atoms with E-state index in [4.69, 9.17) is 5.10 Å². The molecule has 3 nitrogen and oxygen atoms in total. The number of rotatable bonds is 0. The zero-order chi connectivity index (χ0) is 10.5. The van der Waals surface area contributed by atoms with E-state index in [-0.39, 0.29) is 0 Å². The Hall–Kier alpha value is -0.830. The summed E-state index contributed by atoms with van der Waals surface area (Å²) in [6.45, 7) is 4.52. The Morgan fingerprint density at radius 1 is 1.27 bits per heavy atom. The number of nitrogens with zero attached hydrogens (tertiary/aromatic N) is 2. The second-order valence-corrected chi connectivity index (χ2v) is 5.07. The van der Waals surface area contributed by atoms with E-state index < -0.39 is 0 Å². The Bertz CT molecular complexity index is 386. The number of piperidine rings is 1. The van der Waals surface area contributed by atoms with Gasteiger partial charge in [0.25, 0.3) is 0 Å². The van der Waals surface area contributed by atoms with Gasteiger partial charge in [-0.25, -0.2) is 0 Å². The first kappa shape index (κ1) is 9.40. The third-order valence-electron chi connectivity index (χ3n) is 4.37. The predicted molar refractivity (Wildman–Crippen MR) is 60.0 cm³/mol. The first-order valence-electron chi connectivity index (χ1n) is 5.97. The molecule has 1 aliphatic carbocycles. The molecule has 0 radical (unpaired) electrons. The van der Waals surface area contributed by atoms with Crippen LogP contribution >= 0.6 is 0 Å². The maximum atomic E-state index is 4.76. The van der Waals surface area contributed by atoms with Gasteiger partial charge in [-0.1, -0.05) is 0 Å². The van der Waals surface area contributed by atoms with E-state index in [9.17, 15) is 0 Å². The zero-order valence-electron chi connectivity index (χ0n) is 9.64. The molecule has 0 amide bonds. The van der Waals surface area contributed by atoms with Crippen LogP contribution in [0, 0.1) is 6.92 Å². The van der Waals surface area contributed by atoms with Crippen LogP contribution in [-0.2, 0) is 18.9 Å². The van der Waals surface area contributed by atoms with Crippen LogP contribution in [-0.4, -0.2) is 22.9 Å². The van der Waals surface area contributed by atoms with Gasteiger partial charge < -0.3 is 5.32 Å². The average Bonchev–Trinajstić information content (AvgIpc) is 2.72. The summed E-state index contributed by atoms with van der Waals surface area (Å²) >= 11 is 0. The quantitative estimate of drug-likeness (QED) is 0.692. The fourth-order valence-electron chi connectivity index (χ4n) is 3.25. The summed E-state index contributed by atoms with van der Waals surface area (Å²) in [5.74, 6) is 0. The lowest BCUT2D eigenvalue weighted by atomic mass is 9.77. The summed E-state index contributed by atoms with van der Waals surface area (Å²) in [6, 6.07) is 0. The Balaban J connectivity index is 2.06. The lowest BCUT2D eigenvalue weighted by Crippen LogP contribution is -2.38. The molecule has 1 fully saturated rings. The first-order valence-corrected chi connectivity index (χ1v) is 5.97. The summed E-state index contributed by atoms with van der Waals surface area (Å²) in [5, 5.41) is 8.21. The molecular weight excluding hydrogens is 186 g/mol. The van der Waals surface area contributed by atoms with E-state index in [0.717, 1.165) is 13.1 Å². The van der Waals surface area contributed by atoms with Gasteiger partial charge in [0, 0.05) is 18.2 Å². The molecule has 0 unspecified atom stereocenters. The van der Waals surface area contributed by atoms with Crippen LogP contribution in [0.1, 0.15) is 36.2 Å². The van der Waals surface area contributed by atoms with Gasteiger partial charge in [0.15, 0.2) is 0 Å². The van der Waals surface area contributed by atoms with Crippen LogP contribution in [0.25, 0.3) is 0 Å². The molecule has 1 N–H and O–H groups in total. The number of aromatic nitrogens is 2. The molecule has 0 saturated carbocycles. The van der Waals surface area contributed by atoms with E-state index in [1.807, 2.05) is 0 Å². The lowest BCUT2D eigenvalue weighted by Gasteiger charge is -2.33. The minimum absolute atomic E-state index is 0.423. The van der Waals surface area contributed by atoms with E-state index in [0.29, 0.717) is 5.41 Å². The molecule has 0 bridgehead atoms. The van der Waals surface area contributed by atoms with Gasteiger partial charge in [-0.05, 0) is 51.3 Å². The Morgan fingerprint density at radius 3 is 2.73 bits per heavy atom. The highest BCUT2D eigenvalue weighted by molar-refractivity contribution is 5.37. The number of nitrogens with one attached hydrogen (secondary N) is 1. The van der Waals surface area contributed by atoms with Crippen molar-refractivity contribution in [2.24, 2.45) is 7.05 Å². The summed E-state index contributed by atoms with van der Waals surface area (Å²) in [7, 11) is 2.07. The Morgan fingerprint density at radius 2 is 2.00 bits per heavy atom. The van der Waals surface area contributed by atoms with Crippen LogP contribution in [0.4, 0.5) is 0 Å². The fourth-order valence-corrected chi connectivity index (χ4v) is 3.25. The van der Waals surface area contributed by atoms with Crippen LogP contribution in [0.2, 0.25) is 0 Å². The SMILES string of the molecule is Cc1c2c(nn1C)C1(CCNCC1)CC2. The normalized spacial score (nSPS) is 23.3. The summed E-state index contributed by atoms with van der Waals surface area (Å²) < 4.78 is 2.06. The Labute approximate surface area is 90.9 Å². The molecular formula is C12H19N3. The minimum atomic E-state index is 0.423. The third-order valence-corrected chi connectivity index (χ3v) is 4.37. The lowest BCUT2D eigenvalue weighted by molar-refractivity contribution is 0.296. The van der Waals surface area contributed by atoms with Gasteiger partial charge in [-0.2, -0.15) is 5.10 Å². The van der Waals surface area contributed by atoms with Crippen molar-refractivity contribution in [3.8, 4) is 0 Å². The number of aryl methyl sites for hydroxylation is 1. The zero-order valence-corrected chi connectivity index (χ0v) is 9.64. The van der Waals surface area contributed by atoms with Crippen molar-refractivity contribution in [3.05, 3.63) is 17.0 Å². The van der Waals surface area contributed by atoms with E-state index >= 15 is 0 Å². The van der Waals surface area contributed by atoms with Crippen molar-refractivity contribution >= 4 is 0 Å². The minimum Gasteiger partial charge on any atom is -0.317 e. The van der Waals surface area contributed by atoms with Crippen LogP contribution in [0.5, 0.6) is 0 Å². The van der Waals surface area contributed by atoms with Crippen molar-refractivity contribution in [1.82, 2.24) is 15.1 Å². The first-order chi connectivity index (χ1) is 7.23. The molecule has 15 heavy (non-hydrogen) atoms. The van der Waals surface area contributed by atoms with Crippen LogP contribution in [0.15, 0.2) is 0 Å². The number of hydrogen-bond donors (Lipinski definition) is 1. The summed E-state index contributed by atoms with van der Waals surface area (Å²) in [5.41, 5.74) is 4.76. The van der Waals surface area contributed by atoms with Crippen LogP contribution in [0.3, 0.4) is 0 Å². The molecule has 3 rings (SSSR count). The van der Waals surface area contributed by atoms with Crippen molar-refractivity contribution in [2.75, 3.05) is 13.1 Å². The molecule has 0 aromatic carbocycles. The van der Waals surface area contributed by atoms with E-state index in [2.05, 4.69) is 24.0 Å². The molecule has 0 atom stereocenters. The largest absolute Gasteiger partial charge is 0.317 e. The maximum Gasteiger partial charge on any atom is 0.0721 e. The standard InChI is InChI=1S/C12H19N3/c1-9-10-3-4-12(5-7-13-8-6-12)11(10)14-15(9)2/h13H,3-8H2,1-2H3. The van der Waals surface area contributed by atoms with Gasteiger partial charge in [0.2, 0.25) is 0 Å². The summed E-state index contributed by atoms with van der Waals surface area (Å²) in [4.78, 5) is 0. The van der Waals surface area contributed by atoms with Crippen molar-refractivity contribution in [3.63, 3.8) is 0 Å². The van der Waals surface area contributed by atoms with E-state index in [1.165, 1.54) is 37.1 Å². The van der Waals surface area contributed by atoms with Crippen molar-refractivity contribution in [2.45, 2.75) is 38.0 Å². The molecule has 82 valence electrons. The van der Waals surface area contributed by atoms with Gasteiger partial charge in [-0.15, -0.1) is 0 Å². The highest BCUT2D eigenvalue weighted by Crippen LogP contribution is 2.45. The highest BCUT2D eigenvalue weighted by Gasteiger charge is 2.42. The molecule has 2 aliphatic rings. The number of fused-ring (bicyclic) bond motifs is 2. The molecule has 3 heteroatoms. The monoisotopic (exact) mass is 205 g/mol. The molecule has 1 saturated heterocycles. The number of hydrogen-bond acceptors (Lipinski definition) is 2. The topological polar surface area (TPSA) is 29.9 Å². The molecule has 1 aromatic heterocycles. The second kappa shape index (κ2) is 3.08. The Kier molecular flexibility index (Phi) is 1.93. The fraction of sp³-hybridized carbons (Fsp3) is 0.750. The molecule has 2 heterocycles. The predicted octanol–water partition coefficient (Wildman–Crippen LogP) is 1.30. The average molecular weight is 205 g/mol. The van der Waals surface area contributed by atoms with Gasteiger partial charge in [0.05, 0.1) is 5.69 Å². The molecule has 1 aliphatic heterocycles. The van der Waals surface area contributed by atoms with Crippen LogP contribution < -0.4 is 5.32 Å². The smallest absolute Gasteiger partial charge is 0.0721 e. The molecule has 1 spiro atoms. The highest BCUT2D eigenvalue weighted by atomic mass is 15.3. The van der Waals surface area contributed by atoms with Gasteiger partial charge in [-0.3, -0.25) is 4.68 Å². The van der Waals surface area contributed by atoms with Gasteiger partial charge in [0.1, 0.15) is 0 Å². The van der Waals surface area contributed by atoms with Gasteiger partial charge >= 0.3 is 0 Å².